The first-order valence-electron chi connectivity index (χ1n) is 7.66. The molecule has 1 aromatic carbocycles. The van der Waals surface area contributed by atoms with E-state index in [0.29, 0.717) is 24.2 Å². The summed E-state index contributed by atoms with van der Waals surface area (Å²) in [6, 6.07) is 4.58. The average molecular weight is 363 g/mol. The van der Waals surface area contributed by atoms with Gasteiger partial charge in [0.1, 0.15) is 12.5 Å². The number of nitrogens with one attached hydrogen (secondary N) is 1. The van der Waals surface area contributed by atoms with E-state index in [1.165, 1.54) is 4.90 Å². The number of anilines is 1. The fourth-order valence-corrected chi connectivity index (χ4v) is 2.74. The lowest BCUT2D eigenvalue weighted by Crippen LogP contribution is -2.52. The third-order valence-corrected chi connectivity index (χ3v) is 3.92. The molecule has 1 atom stereocenters. The number of nitrogens with two attached hydrogens (primary N) is 1. The second-order valence-electron chi connectivity index (χ2n) is 5.74. The highest BCUT2D eigenvalue weighted by Gasteiger charge is 2.39. The Bertz CT molecular complexity index is 778. The van der Waals surface area contributed by atoms with Crippen LogP contribution in [0.25, 0.3) is 0 Å². The number of hydrogen-bond donors (Lipinski definition) is 4. The predicted molar refractivity (Wildman–Crippen MR) is 86.8 cm³/mol. The maximum absolute atomic E-state index is 12.3. The highest BCUT2D eigenvalue weighted by atomic mass is 16.4. The lowest BCUT2D eigenvalue weighted by Gasteiger charge is -2.29. The number of carbonyl (C=O) groups is 5. The van der Waals surface area contributed by atoms with E-state index >= 15 is 0 Å². The molecule has 0 bridgehead atoms. The van der Waals surface area contributed by atoms with Gasteiger partial charge < -0.3 is 20.8 Å². The van der Waals surface area contributed by atoms with Crippen molar-refractivity contribution in [2.75, 3.05) is 5.73 Å². The normalized spacial score (nSPS) is 18.5. The van der Waals surface area contributed by atoms with Gasteiger partial charge in [0, 0.05) is 29.8 Å². The van der Waals surface area contributed by atoms with Crippen LogP contribution in [0.3, 0.4) is 0 Å². The molecular formula is C16H17N3O7. The lowest BCUT2D eigenvalue weighted by molar-refractivity contribution is -0.147. The van der Waals surface area contributed by atoms with Crippen LogP contribution in [0.1, 0.15) is 35.2 Å². The zero-order valence-corrected chi connectivity index (χ0v) is 13.6. The molecule has 1 unspecified atom stereocenters. The number of aliphatic carboxylic acids is 2. The van der Waals surface area contributed by atoms with Gasteiger partial charge in [-0.25, -0.2) is 0 Å². The summed E-state index contributed by atoms with van der Waals surface area (Å²) in [7, 11) is 0. The molecule has 0 aliphatic carbocycles. The second-order valence-corrected chi connectivity index (χ2v) is 5.74. The van der Waals surface area contributed by atoms with Gasteiger partial charge in [0.25, 0.3) is 5.91 Å². The number of nitrogens with zero attached hydrogens (tertiary/aromatic N) is 1. The minimum absolute atomic E-state index is 0.197. The summed E-state index contributed by atoms with van der Waals surface area (Å²) < 4.78 is 0. The molecule has 2 aliphatic heterocycles. The van der Waals surface area contributed by atoms with Crippen molar-refractivity contribution in [2.24, 2.45) is 0 Å². The first-order valence-corrected chi connectivity index (χ1v) is 7.66. The largest absolute Gasteiger partial charge is 0.481 e. The predicted octanol–water partition coefficient (Wildman–Crippen LogP) is -0.424. The molecule has 5 N–H and O–H groups in total. The van der Waals surface area contributed by atoms with Crippen LogP contribution in [0.2, 0.25) is 0 Å². The van der Waals surface area contributed by atoms with Gasteiger partial charge in [0.05, 0.1) is 0 Å². The molecule has 2 heterocycles. The molecule has 1 aromatic rings. The number of carboxylic acid groups (broad SMARTS) is 2. The lowest BCUT2D eigenvalue weighted by atomic mass is 10.0. The van der Waals surface area contributed by atoms with Crippen LogP contribution in [0.15, 0.2) is 18.2 Å². The van der Waals surface area contributed by atoms with E-state index in [1.807, 2.05) is 0 Å². The van der Waals surface area contributed by atoms with Gasteiger partial charge >= 0.3 is 11.9 Å². The number of benzene rings is 1. The van der Waals surface area contributed by atoms with Crippen molar-refractivity contribution in [3.05, 3.63) is 29.3 Å². The SMILES string of the molecule is Nc1cccc2c1CN(C1CCC(=O)NC1=O)C2=O.O=C(O)CC(=O)O. The Labute approximate surface area is 147 Å². The second kappa shape index (κ2) is 7.64. The van der Waals surface area contributed by atoms with E-state index in [0.717, 1.165) is 5.56 Å². The molecule has 138 valence electrons. The summed E-state index contributed by atoms with van der Waals surface area (Å²) >= 11 is 0. The van der Waals surface area contributed by atoms with Crippen molar-refractivity contribution < 1.29 is 34.2 Å². The van der Waals surface area contributed by atoms with Crippen LogP contribution < -0.4 is 11.1 Å². The summed E-state index contributed by atoms with van der Waals surface area (Å²) in [5, 5.41) is 17.7. The minimum atomic E-state index is -1.31. The van der Waals surface area contributed by atoms with Crippen LogP contribution in [0.4, 0.5) is 5.69 Å². The smallest absolute Gasteiger partial charge is 0.314 e. The summed E-state index contributed by atoms with van der Waals surface area (Å²) in [6.07, 6.45) is -0.184. The molecule has 10 nitrogen and oxygen atoms in total. The van der Waals surface area contributed by atoms with Gasteiger partial charge in [0.2, 0.25) is 11.8 Å². The number of imide groups is 1. The van der Waals surface area contributed by atoms with E-state index in [9.17, 15) is 24.0 Å². The van der Waals surface area contributed by atoms with E-state index in [-0.39, 0.29) is 18.2 Å². The molecule has 10 heteroatoms. The number of carboxylic acids is 2. The summed E-state index contributed by atoms with van der Waals surface area (Å²) in [4.78, 5) is 55.6. The fraction of sp³-hybridized carbons (Fsp3) is 0.312. The van der Waals surface area contributed by atoms with Gasteiger partial charge in [-0.15, -0.1) is 0 Å². The molecule has 3 amide bonds. The molecule has 3 rings (SSSR count). The topological polar surface area (TPSA) is 167 Å². The number of carbonyl (C=O) groups excluding carboxylic acids is 3. The van der Waals surface area contributed by atoms with Crippen molar-refractivity contribution in [3.63, 3.8) is 0 Å². The van der Waals surface area contributed by atoms with Gasteiger partial charge in [0.15, 0.2) is 0 Å². The van der Waals surface area contributed by atoms with Crippen molar-refractivity contribution in [1.82, 2.24) is 10.2 Å². The average Bonchev–Trinajstić information content (AvgIpc) is 2.85. The maximum atomic E-state index is 12.3. The Balaban J connectivity index is 0.000000298. The summed E-state index contributed by atoms with van der Waals surface area (Å²) in [6.45, 7) is 0.327. The van der Waals surface area contributed by atoms with Crippen LogP contribution in [0, 0.1) is 0 Å². The molecule has 0 saturated carbocycles. The van der Waals surface area contributed by atoms with E-state index < -0.39 is 30.3 Å². The number of nitrogen functional groups attached to an aromatic ring is 1. The number of hydrogen-bond acceptors (Lipinski definition) is 6. The van der Waals surface area contributed by atoms with Crippen LogP contribution in [-0.4, -0.2) is 50.8 Å². The van der Waals surface area contributed by atoms with Crippen LogP contribution in [-0.2, 0) is 25.7 Å². The molecule has 2 aliphatic rings. The number of amides is 3. The van der Waals surface area contributed by atoms with Crippen molar-refractivity contribution >= 4 is 35.3 Å². The maximum Gasteiger partial charge on any atom is 0.314 e. The standard InChI is InChI=1S/C13H13N3O3.C3H4O4/c14-9-3-1-2-7-8(9)6-16(13(7)19)10-4-5-11(17)15-12(10)18;4-2(5)1-3(6)7/h1-3,10H,4-6,14H2,(H,15,17,18);1H2,(H,4,5)(H,6,7). The van der Waals surface area contributed by atoms with Crippen molar-refractivity contribution in [2.45, 2.75) is 31.8 Å². The quantitative estimate of drug-likeness (QED) is 0.319. The van der Waals surface area contributed by atoms with Gasteiger partial charge in [-0.3, -0.25) is 29.3 Å². The van der Waals surface area contributed by atoms with Crippen molar-refractivity contribution in [3.8, 4) is 0 Å². The van der Waals surface area contributed by atoms with Gasteiger partial charge in [-0.1, -0.05) is 6.07 Å². The monoisotopic (exact) mass is 363 g/mol. The summed E-state index contributed by atoms with van der Waals surface area (Å²) in [5.41, 5.74) is 7.71. The first kappa shape index (κ1) is 18.9. The Morgan fingerprint density at radius 1 is 1.19 bits per heavy atom. The fourth-order valence-electron chi connectivity index (χ4n) is 2.74. The molecule has 1 fully saturated rings. The molecule has 0 aromatic heterocycles. The highest BCUT2D eigenvalue weighted by Crippen LogP contribution is 2.30. The Hall–Kier alpha value is -3.43. The molecule has 1 saturated heterocycles. The summed E-state index contributed by atoms with van der Waals surface area (Å²) in [5.74, 6) is -3.52. The van der Waals surface area contributed by atoms with Crippen molar-refractivity contribution in [1.29, 1.82) is 0 Å². The van der Waals surface area contributed by atoms with E-state index in [1.54, 1.807) is 18.2 Å². The number of piperidine rings is 1. The van der Waals surface area contributed by atoms with Gasteiger partial charge in [-0.2, -0.15) is 0 Å². The molecule has 0 spiro atoms. The zero-order valence-electron chi connectivity index (χ0n) is 13.6. The molecular weight excluding hydrogens is 346 g/mol. The van der Waals surface area contributed by atoms with E-state index in [4.69, 9.17) is 15.9 Å². The van der Waals surface area contributed by atoms with E-state index in [2.05, 4.69) is 5.32 Å². The minimum Gasteiger partial charge on any atom is -0.481 e. The third kappa shape index (κ3) is 4.15. The zero-order chi connectivity index (χ0) is 19.4. The third-order valence-electron chi connectivity index (χ3n) is 3.92. The Morgan fingerprint density at radius 2 is 1.85 bits per heavy atom. The highest BCUT2D eigenvalue weighted by molar-refractivity contribution is 6.06. The Kier molecular flexibility index (Phi) is 5.55. The Morgan fingerprint density at radius 3 is 2.35 bits per heavy atom. The van der Waals surface area contributed by atoms with Crippen LogP contribution >= 0.6 is 0 Å². The van der Waals surface area contributed by atoms with Gasteiger partial charge in [-0.05, 0) is 18.6 Å². The van der Waals surface area contributed by atoms with Crippen LogP contribution in [0.5, 0.6) is 0 Å². The first-order chi connectivity index (χ1) is 12.2. The number of fused-ring (bicyclic) bond motifs is 1. The number of rotatable bonds is 3. The molecule has 26 heavy (non-hydrogen) atoms. The molecule has 0 radical (unpaired) electrons.